The van der Waals surface area contributed by atoms with Crippen molar-refractivity contribution in [1.29, 1.82) is 0 Å². The van der Waals surface area contributed by atoms with E-state index in [2.05, 4.69) is 5.32 Å². The first-order valence-electron chi connectivity index (χ1n) is 9.34. The minimum absolute atomic E-state index is 0.116. The molecule has 0 bridgehead atoms. The van der Waals surface area contributed by atoms with Gasteiger partial charge in [0.25, 0.3) is 0 Å². The number of carboxylic acid groups (broad SMARTS) is 1. The Labute approximate surface area is 165 Å². The molecule has 1 saturated heterocycles. The van der Waals surface area contributed by atoms with Crippen LogP contribution in [-0.4, -0.2) is 63.7 Å². The lowest BCUT2D eigenvalue weighted by Gasteiger charge is -2.47. The lowest BCUT2D eigenvalue weighted by atomic mass is 9.93. The van der Waals surface area contributed by atoms with Crippen LogP contribution in [0.25, 0.3) is 0 Å². The molecule has 1 aliphatic heterocycles. The lowest BCUT2D eigenvalue weighted by molar-refractivity contribution is -0.131. The maximum absolute atomic E-state index is 12.3. The van der Waals surface area contributed by atoms with Crippen molar-refractivity contribution in [3.8, 4) is 0 Å². The summed E-state index contributed by atoms with van der Waals surface area (Å²) < 4.78 is 5.28. The van der Waals surface area contributed by atoms with Crippen LogP contribution in [0.4, 0.5) is 9.59 Å². The molecule has 0 unspecified atom stereocenters. The summed E-state index contributed by atoms with van der Waals surface area (Å²) in [5, 5.41) is 12.6. The van der Waals surface area contributed by atoms with Crippen LogP contribution >= 0.6 is 0 Å². The Hall–Kier alpha value is -2.77. The summed E-state index contributed by atoms with van der Waals surface area (Å²) in [6.07, 6.45) is -1.24. The van der Waals surface area contributed by atoms with E-state index in [4.69, 9.17) is 4.74 Å². The number of rotatable bonds is 4. The predicted molar refractivity (Wildman–Crippen MR) is 104 cm³/mol. The highest BCUT2D eigenvalue weighted by Gasteiger charge is 2.42. The number of carbonyl (C=O) groups excluding carboxylic acids is 2. The van der Waals surface area contributed by atoms with Crippen molar-refractivity contribution in [3.63, 3.8) is 0 Å². The normalized spacial score (nSPS) is 19.6. The second-order valence-electron chi connectivity index (χ2n) is 7.96. The fraction of sp³-hybridized carbons (Fsp3) is 0.550. The number of nitrogens with zero attached hydrogens (tertiary/aromatic N) is 2. The first kappa shape index (κ1) is 21.5. The van der Waals surface area contributed by atoms with Crippen molar-refractivity contribution < 1.29 is 24.2 Å². The maximum Gasteiger partial charge on any atom is 0.408 e. The average Bonchev–Trinajstić information content (AvgIpc) is 2.60. The van der Waals surface area contributed by atoms with Gasteiger partial charge in [0.1, 0.15) is 6.61 Å². The molecule has 8 nitrogen and oxygen atoms in total. The molecule has 0 aliphatic carbocycles. The summed E-state index contributed by atoms with van der Waals surface area (Å²) in [6, 6.07) is 8.29. The van der Waals surface area contributed by atoms with Gasteiger partial charge in [-0.25, -0.2) is 9.59 Å². The van der Waals surface area contributed by atoms with E-state index in [0.717, 1.165) is 5.56 Å². The predicted octanol–water partition coefficient (Wildman–Crippen LogP) is 2.68. The molecule has 2 N–H and O–H groups in total. The van der Waals surface area contributed by atoms with Crippen LogP contribution in [0, 0.1) is 0 Å². The Kier molecular flexibility index (Phi) is 6.88. The topological polar surface area (TPSA) is 99.2 Å². The number of benzene rings is 1. The number of alkyl carbamates (subject to hydrolysis) is 1. The number of ether oxygens (including phenoxy) is 1. The van der Waals surface area contributed by atoms with E-state index in [1.54, 1.807) is 25.7 Å². The number of piperidine rings is 1. The summed E-state index contributed by atoms with van der Waals surface area (Å²) in [4.78, 5) is 39.0. The van der Waals surface area contributed by atoms with Gasteiger partial charge in [0.2, 0.25) is 5.91 Å². The number of hydrogen-bond acceptors (Lipinski definition) is 4. The van der Waals surface area contributed by atoms with Gasteiger partial charge in [0.05, 0.1) is 12.1 Å². The van der Waals surface area contributed by atoms with Crippen molar-refractivity contribution in [2.45, 2.75) is 58.3 Å². The summed E-state index contributed by atoms with van der Waals surface area (Å²) in [6.45, 7) is 7.64. The SMILES string of the molecule is CC(=O)N1CC[C@@H](NC(=O)OCc2ccccc2)[C@H](N(C(=O)O)C(C)(C)C)C1. The standard InChI is InChI=1S/C20H29N3O5/c1-14(24)22-11-10-16(17(12-22)23(19(26)27)20(2,3)4)21-18(25)28-13-15-8-6-5-7-9-15/h5-9,16-17H,10-13H2,1-4H3,(H,21,25)(H,26,27)/t16-,17-/m1/s1. The number of nitrogens with one attached hydrogen (secondary N) is 1. The van der Waals surface area contributed by atoms with E-state index in [9.17, 15) is 19.5 Å². The minimum Gasteiger partial charge on any atom is -0.465 e. The molecule has 28 heavy (non-hydrogen) atoms. The van der Waals surface area contributed by atoms with Gasteiger partial charge in [-0.15, -0.1) is 0 Å². The fourth-order valence-corrected chi connectivity index (χ4v) is 3.49. The third-order valence-electron chi connectivity index (χ3n) is 4.80. The zero-order valence-electron chi connectivity index (χ0n) is 16.8. The number of carbonyl (C=O) groups is 3. The van der Waals surface area contributed by atoms with E-state index >= 15 is 0 Å². The lowest BCUT2D eigenvalue weighted by Crippen LogP contribution is -2.65. The molecule has 2 rings (SSSR count). The van der Waals surface area contributed by atoms with Crippen LogP contribution in [0.3, 0.4) is 0 Å². The van der Waals surface area contributed by atoms with Crippen LogP contribution in [0.5, 0.6) is 0 Å². The van der Waals surface area contributed by atoms with Gasteiger partial charge < -0.3 is 20.1 Å². The van der Waals surface area contributed by atoms with Gasteiger partial charge in [-0.05, 0) is 32.8 Å². The van der Waals surface area contributed by atoms with Crippen LogP contribution in [0.1, 0.15) is 39.7 Å². The highest BCUT2D eigenvalue weighted by Crippen LogP contribution is 2.25. The second kappa shape index (κ2) is 8.95. The van der Waals surface area contributed by atoms with Crippen molar-refractivity contribution >= 4 is 18.1 Å². The summed E-state index contributed by atoms with van der Waals surface area (Å²) in [7, 11) is 0. The zero-order chi connectivity index (χ0) is 20.9. The van der Waals surface area contributed by atoms with Crippen molar-refractivity contribution in [2.75, 3.05) is 13.1 Å². The van der Waals surface area contributed by atoms with Gasteiger partial charge in [0.15, 0.2) is 0 Å². The molecule has 8 heteroatoms. The molecule has 3 amide bonds. The Bertz CT molecular complexity index is 702. The highest BCUT2D eigenvalue weighted by atomic mass is 16.5. The van der Waals surface area contributed by atoms with E-state index in [0.29, 0.717) is 13.0 Å². The molecule has 154 valence electrons. The van der Waals surface area contributed by atoms with Gasteiger partial charge in [-0.1, -0.05) is 30.3 Å². The Balaban J connectivity index is 2.11. The van der Waals surface area contributed by atoms with Crippen LogP contribution < -0.4 is 5.32 Å². The molecule has 0 aromatic heterocycles. The molecular formula is C20H29N3O5. The van der Waals surface area contributed by atoms with Crippen LogP contribution in [0.15, 0.2) is 30.3 Å². The molecule has 1 fully saturated rings. The Morgan fingerprint density at radius 2 is 1.89 bits per heavy atom. The third-order valence-corrected chi connectivity index (χ3v) is 4.80. The molecule has 0 spiro atoms. The summed E-state index contributed by atoms with van der Waals surface area (Å²) >= 11 is 0. The molecule has 0 radical (unpaired) electrons. The Morgan fingerprint density at radius 1 is 1.25 bits per heavy atom. The maximum atomic E-state index is 12.3. The van der Waals surface area contributed by atoms with Gasteiger partial charge >= 0.3 is 12.2 Å². The molecule has 2 atom stereocenters. The highest BCUT2D eigenvalue weighted by molar-refractivity contribution is 5.74. The molecule has 0 saturated carbocycles. The molecule has 1 heterocycles. The number of amides is 3. The largest absolute Gasteiger partial charge is 0.465 e. The first-order chi connectivity index (χ1) is 13.1. The molecular weight excluding hydrogens is 362 g/mol. The summed E-state index contributed by atoms with van der Waals surface area (Å²) in [5.74, 6) is -0.116. The molecule has 1 aromatic carbocycles. The third kappa shape index (κ3) is 5.61. The van der Waals surface area contributed by atoms with Crippen LogP contribution in [0.2, 0.25) is 0 Å². The van der Waals surface area contributed by atoms with Crippen LogP contribution in [-0.2, 0) is 16.1 Å². The number of likely N-dealkylation sites (tertiary alicyclic amines) is 1. The summed E-state index contributed by atoms with van der Waals surface area (Å²) in [5.41, 5.74) is 0.173. The average molecular weight is 391 g/mol. The first-order valence-corrected chi connectivity index (χ1v) is 9.34. The van der Waals surface area contributed by atoms with E-state index in [-0.39, 0.29) is 19.1 Å². The minimum atomic E-state index is -1.09. The van der Waals surface area contributed by atoms with Crippen molar-refractivity contribution in [1.82, 2.24) is 15.1 Å². The van der Waals surface area contributed by atoms with E-state index < -0.39 is 29.8 Å². The van der Waals surface area contributed by atoms with Crippen molar-refractivity contribution in [3.05, 3.63) is 35.9 Å². The molecule has 1 aliphatic rings. The van der Waals surface area contributed by atoms with E-state index in [1.807, 2.05) is 30.3 Å². The molecule has 1 aromatic rings. The zero-order valence-corrected chi connectivity index (χ0v) is 16.8. The Morgan fingerprint density at radius 3 is 2.43 bits per heavy atom. The van der Waals surface area contributed by atoms with Gasteiger partial charge in [-0.2, -0.15) is 0 Å². The van der Waals surface area contributed by atoms with E-state index in [1.165, 1.54) is 11.8 Å². The number of hydrogen-bond donors (Lipinski definition) is 2. The quantitative estimate of drug-likeness (QED) is 0.822. The van der Waals surface area contributed by atoms with Gasteiger partial charge in [0, 0.05) is 25.6 Å². The second-order valence-corrected chi connectivity index (χ2v) is 7.96. The van der Waals surface area contributed by atoms with Gasteiger partial charge in [-0.3, -0.25) is 9.69 Å². The smallest absolute Gasteiger partial charge is 0.408 e. The fourth-order valence-electron chi connectivity index (χ4n) is 3.49. The van der Waals surface area contributed by atoms with Crippen molar-refractivity contribution in [2.24, 2.45) is 0 Å². The monoisotopic (exact) mass is 391 g/mol.